The van der Waals surface area contributed by atoms with E-state index in [4.69, 9.17) is 0 Å². The maximum absolute atomic E-state index is 13.7. The van der Waals surface area contributed by atoms with Crippen LogP contribution in [0.25, 0.3) is 0 Å². The number of hydrogen-bond donors (Lipinski definition) is 0. The molecule has 1 aromatic carbocycles. The highest BCUT2D eigenvalue weighted by atomic mass is 19.4. The van der Waals surface area contributed by atoms with Gasteiger partial charge >= 0.3 is 12.1 Å². The van der Waals surface area contributed by atoms with Gasteiger partial charge < -0.3 is 9.32 Å². The topological polar surface area (TPSA) is 59.2 Å². The predicted molar refractivity (Wildman–Crippen MR) is 73.5 cm³/mol. The maximum Gasteiger partial charge on any atom is 0.470 e. The fraction of sp³-hybridized carbons (Fsp3) is 0.400. The molecule has 0 aliphatic carbocycles. The van der Waals surface area contributed by atoms with Gasteiger partial charge in [0.25, 0.3) is 5.91 Å². The summed E-state index contributed by atoms with van der Waals surface area (Å²) < 4.78 is 69.4. The van der Waals surface area contributed by atoms with Gasteiger partial charge in [-0.05, 0) is 25.0 Å². The standard InChI is InChI=1S/C15H12F5N3O2/c16-9-2-1-3-10(17)11(9)13(24)23-6-4-8(5-7-23)12-21-22-14(25-12)15(18,19)20/h1-3,8H,4-7H2. The molecular formula is C15H12F5N3O2. The van der Waals surface area contributed by atoms with Crippen LogP contribution in [-0.4, -0.2) is 34.1 Å². The largest absolute Gasteiger partial charge is 0.470 e. The number of piperidine rings is 1. The Morgan fingerprint density at radius 2 is 1.72 bits per heavy atom. The molecule has 0 radical (unpaired) electrons. The molecule has 0 atom stereocenters. The molecule has 1 saturated heterocycles. The minimum Gasteiger partial charge on any atom is -0.417 e. The van der Waals surface area contributed by atoms with Crippen molar-refractivity contribution in [2.24, 2.45) is 0 Å². The van der Waals surface area contributed by atoms with Gasteiger partial charge in [0.1, 0.15) is 17.2 Å². The molecule has 134 valence electrons. The van der Waals surface area contributed by atoms with E-state index in [2.05, 4.69) is 14.6 Å². The molecule has 1 aliphatic rings. The van der Waals surface area contributed by atoms with Crippen LogP contribution in [0.2, 0.25) is 0 Å². The van der Waals surface area contributed by atoms with Crippen molar-refractivity contribution in [3.05, 3.63) is 47.2 Å². The van der Waals surface area contributed by atoms with Gasteiger partial charge in [0.2, 0.25) is 5.89 Å². The van der Waals surface area contributed by atoms with Crippen molar-refractivity contribution in [3.63, 3.8) is 0 Å². The zero-order chi connectivity index (χ0) is 18.2. The molecular weight excluding hydrogens is 349 g/mol. The van der Waals surface area contributed by atoms with Gasteiger partial charge in [0.15, 0.2) is 0 Å². The summed E-state index contributed by atoms with van der Waals surface area (Å²) in [5, 5.41) is 6.37. The Morgan fingerprint density at radius 1 is 1.12 bits per heavy atom. The third kappa shape index (κ3) is 3.47. The van der Waals surface area contributed by atoms with Crippen molar-refractivity contribution in [1.29, 1.82) is 0 Å². The van der Waals surface area contributed by atoms with Crippen molar-refractivity contribution in [1.82, 2.24) is 15.1 Å². The van der Waals surface area contributed by atoms with E-state index in [-0.39, 0.29) is 31.8 Å². The first-order valence-electron chi connectivity index (χ1n) is 7.41. The first-order valence-corrected chi connectivity index (χ1v) is 7.41. The van der Waals surface area contributed by atoms with Crippen LogP contribution in [0.5, 0.6) is 0 Å². The second kappa shape index (κ2) is 6.41. The molecule has 1 aromatic heterocycles. The van der Waals surface area contributed by atoms with E-state index < -0.39 is 41.1 Å². The SMILES string of the molecule is O=C(c1c(F)cccc1F)N1CCC(c2nnc(C(F)(F)F)o2)CC1. The van der Waals surface area contributed by atoms with Gasteiger partial charge in [-0.1, -0.05) is 6.07 Å². The lowest BCUT2D eigenvalue weighted by Gasteiger charge is -2.30. The zero-order valence-corrected chi connectivity index (χ0v) is 12.7. The third-order valence-corrected chi connectivity index (χ3v) is 3.99. The van der Waals surface area contributed by atoms with Crippen LogP contribution in [0.3, 0.4) is 0 Å². The van der Waals surface area contributed by atoms with Crippen molar-refractivity contribution in [3.8, 4) is 0 Å². The number of likely N-dealkylation sites (tertiary alicyclic amines) is 1. The van der Waals surface area contributed by atoms with E-state index in [0.717, 1.165) is 18.2 Å². The number of carbonyl (C=O) groups is 1. The van der Waals surface area contributed by atoms with Gasteiger partial charge in [-0.3, -0.25) is 4.79 Å². The summed E-state index contributed by atoms with van der Waals surface area (Å²) in [6.07, 6.45) is -4.22. The molecule has 2 aromatic rings. The van der Waals surface area contributed by atoms with Crippen LogP contribution in [0, 0.1) is 11.6 Å². The summed E-state index contributed by atoms with van der Waals surface area (Å²) in [6, 6.07) is 3.13. The number of benzene rings is 1. The minimum atomic E-state index is -4.72. The lowest BCUT2D eigenvalue weighted by atomic mass is 9.96. The average Bonchev–Trinajstić information content (AvgIpc) is 3.05. The van der Waals surface area contributed by atoms with Crippen molar-refractivity contribution < 1.29 is 31.2 Å². The number of hydrogen-bond acceptors (Lipinski definition) is 4. The molecule has 1 aliphatic heterocycles. The molecule has 0 unspecified atom stereocenters. The van der Waals surface area contributed by atoms with Crippen LogP contribution >= 0.6 is 0 Å². The highest BCUT2D eigenvalue weighted by Crippen LogP contribution is 2.33. The van der Waals surface area contributed by atoms with Gasteiger partial charge in [-0.25, -0.2) is 8.78 Å². The zero-order valence-electron chi connectivity index (χ0n) is 12.7. The summed E-state index contributed by atoms with van der Waals surface area (Å²) in [4.78, 5) is 13.5. The first kappa shape index (κ1) is 17.3. The van der Waals surface area contributed by atoms with Crippen LogP contribution < -0.4 is 0 Å². The molecule has 0 bridgehead atoms. The normalized spacial score (nSPS) is 16.3. The first-order chi connectivity index (χ1) is 11.8. The number of amides is 1. The average molecular weight is 361 g/mol. The fourth-order valence-corrected chi connectivity index (χ4v) is 2.70. The van der Waals surface area contributed by atoms with Crippen molar-refractivity contribution in [2.45, 2.75) is 24.9 Å². The van der Waals surface area contributed by atoms with E-state index in [1.807, 2.05) is 0 Å². The van der Waals surface area contributed by atoms with E-state index >= 15 is 0 Å². The van der Waals surface area contributed by atoms with E-state index in [1.165, 1.54) is 4.90 Å². The quantitative estimate of drug-likeness (QED) is 0.770. The maximum atomic E-state index is 13.7. The summed E-state index contributed by atoms with van der Waals surface area (Å²) in [5.41, 5.74) is -0.641. The molecule has 5 nitrogen and oxygen atoms in total. The van der Waals surface area contributed by atoms with Crippen molar-refractivity contribution in [2.75, 3.05) is 13.1 Å². The highest BCUT2D eigenvalue weighted by molar-refractivity contribution is 5.94. The van der Waals surface area contributed by atoms with Gasteiger partial charge in [-0.15, -0.1) is 10.2 Å². The van der Waals surface area contributed by atoms with Crippen LogP contribution in [0.1, 0.15) is 40.9 Å². The number of nitrogens with zero attached hydrogens (tertiary/aromatic N) is 3. The van der Waals surface area contributed by atoms with Crippen LogP contribution in [-0.2, 0) is 6.18 Å². The second-order valence-electron chi connectivity index (χ2n) is 5.61. The molecule has 10 heteroatoms. The molecule has 3 rings (SSSR count). The Kier molecular flexibility index (Phi) is 4.44. The number of alkyl halides is 3. The Balaban J connectivity index is 1.68. The summed E-state index contributed by atoms with van der Waals surface area (Å²) in [7, 11) is 0. The molecule has 1 amide bonds. The number of rotatable bonds is 2. The predicted octanol–water partition coefficient (Wildman–Crippen LogP) is 3.39. The molecule has 2 heterocycles. The summed E-state index contributed by atoms with van der Waals surface area (Å²) in [6.45, 7) is 0.224. The van der Waals surface area contributed by atoms with Gasteiger partial charge in [-0.2, -0.15) is 13.2 Å². The minimum absolute atomic E-state index is 0.112. The van der Waals surface area contributed by atoms with Crippen LogP contribution in [0.4, 0.5) is 22.0 Å². The van der Waals surface area contributed by atoms with E-state index in [1.54, 1.807) is 0 Å². The number of aromatic nitrogens is 2. The molecule has 0 N–H and O–H groups in total. The molecule has 0 saturated carbocycles. The Labute approximate surface area is 138 Å². The summed E-state index contributed by atoms with van der Waals surface area (Å²) in [5.74, 6) is -4.74. The third-order valence-electron chi connectivity index (χ3n) is 3.99. The van der Waals surface area contributed by atoms with Crippen LogP contribution in [0.15, 0.2) is 22.6 Å². The molecule has 25 heavy (non-hydrogen) atoms. The smallest absolute Gasteiger partial charge is 0.417 e. The van der Waals surface area contributed by atoms with Gasteiger partial charge in [0.05, 0.1) is 0 Å². The monoisotopic (exact) mass is 361 g/mol. The molecule has 1 fully saturated rings. The Hall–Kier alpha value is -2.52. The Bertz CT molecular complexity index is 761. The Morgan fingerprint density at radius 3 is 2.24 bits per heavy atom. The lowest BCUT2D eigenvalue weighted by molar-refractivity contribution is -0.157. The van der Waals surface area contributed by atoms with Crippen molar-refractivity contribution >= 4 is 5.91 Å². The fourth-order valence-electron chi connectivity index (χ4n) is 2.70. The summed E-state index contributed by atoms with van der Waals surface area (Å²) >= 11 is 0. The van der Waals surface area contributed by atoms with E-state index in [9.17, 15) is 26.7 Å². The van der Waals surface area contributed by atoms with Gasteiger partial charge in [0, 0.05) is 19.0 Å². The second-order valence-corrected chi connectivity index (χ2v) is 5.61. The highest BCUT2D eigenvalue weighted by Gasteiger charge is 2.39. The lowest BCUT2D eigenvalue weighted by Crippen LogP contribution is -2.38. The number of carbonyl (C=O) groups excluding carboxylic acids is 1. The molecule has 0 spiro atoms. The number of halogens is 5. The van der Waals surface area contributed by atoms with E-state index in [0.29, 0.717) is 0 Å².